The summed E-state index contributed by atoms with van der Waals surface area (Å²) in [5.41, 5.74) is 2.32. The summed E-state index contributed by atoms with van der Waals surface area (Å²) in [7, 11) is 5.08. The van der Waals surface area contributed by atoms with E-state index in [1.165, 1.54) is 0 Å². The van der Waals surface area contributed by atoms with Crippen molar-refractivity contribution in [3.63, 3.8) is 0 Å². The van der Waals surface area contributed by atoms with Crippen molar-refractivity contribution in [1.29, 1.82) is 0 Å². The molecule has 0 aliphatic rings. The number of benzene rings is 3. The molecule has 144 valence electrons. The molecule has 3 aromatic rings. The van der Waals surface area contributed by atoms with Crippen LogP contribution < -0.4 is 19.3 Å². The lowest BCUT2D eigenvalue weighted by Crippen LogP contribution is -2.39. The Labute approximate surface area is 165 Å². The molecular formula is C23H24N2O3. The maximum absolute atomic E-state index is 13.0. The molecule has 0 unspecified atom stereocenters. The van der Waals surface area contributed by atoms with Crippen LogP contribution in [0.25, 0.3) is 0 Å². The van der Waals surface area contributed by atoms with Crippen molar-refractivity contribution < 1.29 is 14.3 Å². The molecule has 5 heteroatoms. The first-order chi connectivity index (χ1) is 13.5. The summed E-state index contributed by atoms with van der Waals surface area (Å²) in [6, 6.07) is 22.6. The average Bonchev–Trinajstić information content (AvgIpc) is 2.74. The van der Waals surface area contributed by atoms with Crippen molar-refractivity contribution in [2.24, 2.45) is 0 Å². The van der Waals surface area contributed by atoms with Crippen LogP contribution in [0.2, 0.25) is 0 Å². The highest BCUT2D eigenvalue weighted by atomic mass is 16.5. The van der Waals surface area contributed by atoms with Gasteiger partial charge >= 0.3 is 6.03 Å². The number of ether oxygens (including phenoxy) is 2. The Morgan fingerprint density at radius 3 is 2.04 bits per heavy atom. The summed E-state index contributed by atoms with van der Waals surface area (Å²) in [4.78, 5) is 16.1. The number of urea groups is 1. The van der Waals surface area contributed by atoms with Crippen LogP contribution in [0, 0.1) is 6.92 Å². The third kappa shape index (κ3) is 3.93. The summed E-state index contributed by atoms with van der Waals surface area (Å²) >= 11 is 0. The first-order valence-corrected chi connectivity index (χ1v) is 9.00. The first-order valence-electron chi connectivity index (χ1n) is 9.00. The molecule has 28 heavy (non-hydrogen) atoms. The highest BCUT2D eigenvalue weighted by Crippen LogP contribution is 2.39. The number of nitrogens with zero attached hydrogens (tertiary/aromatic N) is 2. The Hall–Kier alpha value is -3.47. The highest BCUT2D eigenvalue weighted by molar-refractivity contribution is 6.03. The van der Waals surface area contributed by atoms with Crippen LogP contribution >= 0.6 is 0 Å². The van der Waals surface area contributed by atoms with Crippen molar-refractivity contribution in [2.45, 2.75) is 6.92 Å². The van der Waals surface area contributed by atoms with E-state index in [1.807, 2.05) is 79.7 Å². The Morgan fingerprint density at radius 2 is 1.43 bits per heavy atom. The second-order valence-electron chi connectivity index (χ2n) is 6.39. The van der Waals surface area contributed by atoms with Crippen molar-refractivity contribution in [3.05, 3.63) is 78.4 Å². The number of hydrogen-bond donors (Lipinski definition) is 0. The number of carbonyl (C=O) groups is 1. The van der Waals surface area contributed by atoms with E-state index in [2.05, 4.69) is 0 Å². The van der Waals surface area contributed by atoms with Crippen molar-refractivity contribution >= 4 is 17.4 Å². The molecule has 0 aromatic heterocycles. The van der Waals surface area contributed by atoms with Gasteiger partial charge < -0.3 is 9.47 Å². The SMILES string of the molecule is COc1c(N(C)C(=O)N(C)c2ccccc2)ccc(Oc2ccccc2)c1C. The fourth-order valence-electron chi connectivity index (χ4n) is 3.00. The monoisotopic (exact) mass is 376 g/mol. The van der Waals surface area contributed by atoms with Crippen LogP contribution in [-0.2, 0) is 0 Å². The Morgan fingerprint density at radius 1 is 0.821 bits per heavy atom. The zero-order chi connectivity index (χ0) is 20.1. The third-order valence-electron chi connectivity index (χ3n) is 4.59. The molecule has 2 amide bonds. The summed E-state index contributed by atoms with van der Waals surface area (Å²) in [6.07, 6.45) is 0. The average molecular weight is 376 g/mol. The Kier molecular flexibility index (Phi) is 5.84. The molecule has 0 fully saturated rings. The van der Waals surface area contributed by atoms with Gasteiger partial charge in [-0.05, 0) is 43.3 Å². The molecule has 5 nitrogen and oxygen atoms in total. The van der Waals surface area contributed by atoms with Gasteiger partial charge in [0.1, 0.15) is 17.2 Å². The van der Waals surface area contributed by atoms with E-state index in [0.717, 1.165) is 17.0 Å². The maximum atomic E-state index is 13.0. The lowest BCUT2D eigenvalue weighted by Gasteiger charge is -2.27. The van der Waals surface area contributed by atoms with E-state index in [1.54, 1.807) is 31.0 Å². The zero-order valence-electron chi connectivity index (χ0n) is 16.5. The van der Waals surface area contributed by atoms with Gasteiger partial charge in [0.2, 0.25) is 0 Å². The minimum Gasteiger partial charge on any atom is -0.494 e. The van der Waals surface area contributed by atoms with Gasteiger partial charge in [0.25, 0.3) is 0 Å². The number of para-hydroxylation sites is 2. The van der Waals surface area contributed by atoms with Crippen LogP contribution in [0.5, 0.6) is 17.2 Å². The predicted molar refractivity (Wildman–Crippen MR) is 113 cm³/mol. The molecule has 0 saturated heterocycles. The van der Waals surface area contributed by atoms with Gasteiger partial charge in [-0.25, -0.2) is 4.79 Å². The second kappa shape index (κ2) is 8.48. The van der Waals surface area contributed by atoms with Crippen LogP contribution in [-0.4, -0.2) is 27.2 Å². The fourth-order valence-corrected chi connectivity index (χ4v) is 3.00. The molecule has 0 atom stereocenters. The number of rotatable bonds is 5. The maximum Gasteiger partial charge on any atom is 0.328 e. The lowest BCUT2D eigenvalue weighted by atomic mass is 10.1. The summed E-state index contributed by atoms with van der Waals surface area (Å²) in [5.74, 6) is 2.03. The molecule has 0 N–H and O–H groups in total. The van der Waals surface area contributed by atoms with Crippen molar-refractivity contribution in [1.82, 2.24) is 0 Å². The minimum atomic E-state index is -0.166. The van der Waals surface area contributed by atoms with Gasteiger partial charge in [0.15, 0.2) is 0 Å². The van der Waals surface area contributed by atoms with Gasteiger partial charge in [-0.15, -0.1) is 0 Å². The highest BCUT2D eigenvalue weighted by Gasteiger charge is 2.22. The van der Waals surface area contributed by atoms with E-state index >= 15 is 0 Å². The number of methoxy groups -OCH3 is 1. The predicted octanol–water partition coefficient (Wildman–Crippen LogP) is 5.49. The normalized spacial score (nSPS) is 10.3. The van der Waals surface area contributed by atoms with Gasteiger partial charge in [-0.3, -0.25) is 9.80 Å². The van der Waals surface area contributed by atoms with E-state index in [9.17, 15) is 4.79 Å². The smallest absolute Gasteiger partial charge is 0.328 e. The molecule has 0 spiro atoms. The molecule has 0 aliphatic carbocycles. The molecule has 0 aliphatic heterocycles. The van der Waals surface area contributed by atoms with Crippen LogP contribution in [0.1, 0.15) is 5.56 Å². The Balaban J connectivity index is 1.89. The summed E-state index contributed by atoms with van der Waals surface area (Å²) < 4.78 is 11.6. The zero-order valence-corrected chi connectivity index (χ0v) is 16.5. The lowest BCUT2D eigenvalue weighted by molar-refractivity contribution is 0.253. The standard InChI is InChI=1S/C23H24N2O3/c1-17-21(28-19-13-9-6-10-14-19)16-15-20(22(17)27-4)25(3)23(26)24(2)18-11-7-5-8-12-18/h5-16H,1-4H3. The number of anilines is 2. The van der Waals surface area contributed by atoms with Gasteiger partial charge in [0, 0.05) is 25.3 Å². The minimum absolute atomic E-state index is 0.166. The molecular weight excluding hydrogens is 352 g/mol. The fraction of sp³-hybridized carbons (Fsp3) is 0.174. The summed E-state index contributed by atoms with van der Waals surface area (Å²) in [5, 5.41) is 0. The number of carbonyl (C=O) groups excluding carboxylic acids is 1. The summed E-state index contributed by atoms with van der Waals surface area (Å²) in [6.45, 7) is 1.92. The van der Waals surface area contributed by atoms with Crippen molar-refractivity contribution in [2.75, 3.05) is 31.0 Å². The molecule has 0 bridgehead atoms. The van der Waals surface area contributed by atoms with Gasteiger partial charge in [-0.1, -0.05) is 36.4 Å². The number of amides is 2. The topological polar surface area (TPSA) is 42.0 Å². The second-order valence-corrected chi connectivity index (χ2v) is 6.39. The molecule has 0 radical (unpaired) electrons. The third-order valence-corrected chi connectivity index (χ3v) is 4.59. The largest absolute Gasteiger partial charge is 0.494 e. The molecule has 3 aromatic carbocycles. The quantitative estimate of drug-likeness (QED) is 0.591. The molecule has 0 heterocycles. The Bertz CT molecular complexity index is 943. The van der Waals surface area contributed by atoms with E-state index in [0.29, 0.717) is 17.2 Å². The van der Waals surface area contributed by atoms with E-state index in [-0.39, 0.29) is 6.03 Å². The molecule has 0 saturated carbocycles. The van der Waals surface area contributed by atoms with Crippen molar-refractivity contribution in [3.8, 4) is 17.2 Å². The van der Waals surface area contributed by atoms with Crippen LogP contribution in [0.15, 0.2) is 72.8 Å². The van der Waals surface area contributed by atoms with Gasteiger partial charge in [-0.2, -0.15) is 0 Å². The van der Waals surface area contributed by atoms with Gasteiger partial charge in [0.05, 0.1) is 12.8 Å². The molecule has 3 rings (SSSR count). The number of hydrogen-bond acceptors (Lipinski definition) is 3. The van der Waals surface area contributed by atoms with E-state index < -0.39 is 0 Å². The first kappa shape index (κ1) is 19.3. The van der Waals surface area contributed by atoms with Crippen LogP contribution in [0.3, 0.4) is 0 Å². The van der Waals surface area contributed by atoms with E-state index in [4.69, 9.17) is 9.47 Å². The van der Waals surface area contributed by atoms with Crippen LogP contribution in [0.4, 0.5) is 16.2 Å².